The van der Waals surface area contributed by atoms with Gasteiger partial charge in [-0.15, -0.1) is 0 Å². The molecule has 1 N–H and O–H groups in total. The molecule has 5 heteroatoms. The minimum absolute atomic E-state index is 0.794. The zero-order valence-electron chi connectivity index (χ0n) is 16.0. The molecular formula is C22H27N3OS. The van der Waals surface area contributed by atoms with Crippen LogP contribution in [-0.4, -0.2) is 54.7 Å². The summed E-state index contributed by atoms with van der Waals surface area (Å²) in [5.74, 6) is 0.862. The standard InChI is InChI=1S/C22H27N3OS/c1-18-17-20(26-2)10-11-21(18)23-22(27)25-15-13-24(14-16-25)12-6-9-19-7-4-3-5-8-19/h3-11,17H,12-16H2,1-2H3,(H,23,27)/b9-6-. The number of benzene rings is 2. The topological polar surface area (TPSA) is 27.7 Å². The van der Waals surface area contributed by atoms with E-state index in [0.29, 0.717) is 0 Å². The van der Waals surface area contributed by atoms with Crippen LogP contribution >= 0.6 is 12.2 Å². The van der Waals surface area contributed by atoms with Gasteiger partial charge in [-0.1, -0.05) is 42.5 Å². The fourth-order valence-electron chi connectivity index (χ4n) is 3.13. The highest BCUT2D eigenvalue weighted by Crippen LogP contribution is 2.21. The summed E-state index contributed by atoms with van der Waals surface area (Å²) in [6.07, 6.45) is 4.42. The van der Waals surface area contributed by atoms with E-state index >= 15 is 0 Å². The summed E-state index contributed by atoms with van der Waals surface area (Å²) < 4.78 is 5.26. The molecular weight excluding hydrogens is 354 g/mol. The molecule has 0 unspecified atom stereocenters. The van der Waals surface area contributed by atoms with Gasteiger partial charge in [-0.2, -0.15) is 0 Å². The summed E-state index contributed by atoms with van der Waals surface area (Å²) in [7, 11) is 1.68. The third kappa shape index (κ3) is 5.55. The SMILES string of the molecule is COc1ccc(NC(=S)N2CCN(C/C=C\c3ccccc3)CC2)c(C)c1. The molecule has 0 aromatic heterocycles. The molecule has 2 aromatic rings. The molecule has 0 spiro atoms. The third-order valence-corrected chi connectivity index (χ3v) is 5.17. The van der Waals surface area contributed by atoms with E-state index in [2.05, 4.69) is 58.5 Å². The Bertz CT molecular complexity index is 783. The molecule has 3 rings (SSSR count). The molecule has 1 heterocycles. The second kappa shape index (κ2) is 9.53. The molecule has 1 saturated heterocycles. The minimum Gasteiger partial charge on any atom is -0.497 e. The zero-order valence-corrected chi connectivity index (χ0v) is 16.8. The molecule has 4 nitrogen and oxygen atoms in total. The number of piperazine rings is 1. The van der Waals surface area contributed by atoms with E-state index in [9.17, 15) is 0 Å². The Morgan fingerprint density at radius 3 is 2.52 bits per heavy atom. The number of anilines is 1. The van der Waals surface area contributed by atoms with Crippen LogP contribution in [0.1, 0.15) is 11.1 Å². The van der Waals surface area contributed by atoms with E-state index in [1.54, 1.807) is 7.11 Å². The lowest BCUT2D eigenvalue weighted by Crippen LogP contribution is -2.49. The second-order valence-electron chi connectivity index (χ2n) is 6.71. The van der Waals surface area contributed by atoms with Gasteiger partial charge in [0.25, 0.3) is 0 Å². The largest absolute Gasteiger partial charge is 0.497 e. The number of nitrogens with one attached hydrogen (secondary N) is 1. The van der Waals surface area contributed by atoms with E-state index < -0.39 is 0 Å². The van der Waals surface area contributed by atoms with Crippen LogP contribution in [0.3, 0.4) is 0 Å². The smallest absolute Gasteiger partial charge is 0.173 e. The van der Waals surface area contributed by atoms with Gasteiger partial charge in [0.2, 0.25) is 0 Å². The molecule has 0 bridgehead atoms. The fourth-order valence-corrected chi connectivity index (χ4v) is 3.43. The van der Waals surface area contributed by atoms with Gasteiger partial charge in [0.1, 0.15) is 5.75 Å². The average Bonchev–Trinajstić information content (AvgIpc) is 2.70. The van der Waals surface area contributed by atoms with Crippen molar-refractivity contribution in [1.82, 2.24) is 9.80 Å². The Hall–Kier alpha value is -2.37. The van der Waals surface area contributed by atoms with E-state index in [1.165, 1.54) is 5.56 Å². The lowest BCUT2D eigenvalue weighted by atomic mass is 10.2. The van der Waals surface area contributed by atoms with Crippen molar-refractivity contribution in [3.05, 3.63) is 65.7 Å². The Kier molecular flexibility index (Phi) is 6.85. The molecule has 0 saturated carbocycles. The van der Waals surface area contributed by atoms with Gasteiger partial charge in [0.05, 0.1) is 7.11 Å². The number of ether oxygens (including phenoxy) is 1. The van der Waals surface area contributed by atoms with Crippen molar-refractivity contribution in [3.8, 4) is 5.75 Å². The normalized spacial score (nSPS) is 15.1. The maximum Gasteiger partial charge on any atom is 0.173 e. The van der Waals surface area contributed by atoms with Gasteiger partial charge < -0.3 is 15.0 Å². The number of thiocarbonyl (C=S) groups is 1. The second-order valence-corrected chi connectivity index (χ2v) is 7.10. The van der Waals surface area contributed by atoms with Crippen molar-refractivity contribution in [3.63, 3.8) is 0 Å². The molecule has 0 aliphatic carbocycles. The molecule has 142 valence electrons. The van der Waals surface area contributed by atoms with Gasteiger partial charge in [-0.05, 0) is 48.5 Å². The van der Waals surface area contributed by atoms with Crippen molar-refractivity contribution in [2.75, 3.05) is 45.2 Å². The van der Waals surface area contributed by atoms with Crippen molar-refractivity contribution >= 4 is 29.1 Å². The minimum atomic E-state index is 0.794. The summed E-state index contributed by atoms with van der Waals surface area (Å²) in [5.41, 5.74) is 3.41. The van der Waals surface area contributed by atoms with Gasteiger partial charge in [-0.25, -0.2) is 0 Å². The van der Waals surface area contributed by atoms with Gasteiger partial charge in [0, 0.05) is 38.4 Å². The lowest BCUT2D eigenvalue weighted by Gasteiger charge is -2.35. The van der Waals surface area contributed by atoms with Crippen LogP contribution in [0.5, 0.6) is 5.75 Å². The van der Waals surface area contributed by atoms with E-state index in [-0.39, 0.29) is 0 Å². The first-order valence-corrected chi connectivity index (χ1v) is 9.71. The van der Waals surface area contributed by atoms with Crippen molar-refractivity contribution < 1.29 is 4.74 Å². The molecule has 27 heavy (non-hydrogen) atoms. The van der Waals surface area contributed by atoms with Crippen LogP contribution in [0.15, 0.2) is 54.6 Å². The maximum atomic E-state index is 5.62. The highest BCUT2D eigenvalue weighted by Gasteiger charge is 2.18. The molecule has 2 aromatic carbocycles. The van der Waals surface area contributed by atoms with Gasteiger partial charge in [0.15, 0.2) is 5.11 Å². The van der Waals surface area contributed by atoms with Crippen LogP contribution in [-0.2, 0) is 0 Å². The Labute approximate surface area is 167 Å². The summed E-state index contributed by atoms with van der Waals surface area (Å²) in [5, 5.41) is 4.17. The van der Waals surface area contributed by atoms with Crippen molar-refractivity contribution in [1.29, 1.82) is 0 Å². The predicted molar refractivity (Wildman–Crippen MR) is 117 cm³/mol. The van der Waals surface area contributed by atoms with Crippen molar-refractivity contribution in [2.45, 2.75) is 6.92 Å². The number of hydrogen-bond donors (Lipinski definition) is 1. The molecule has 0 radical (unpaired) electrons. The Morgan fingerprint density at radius 1 is 1.11 bits per heavy atom. The molecule has 1 aliphatic heterocycles. The van der Waals surface area contributed by atoms with Crippen LogP contribution in [0, 0.1) is 6.92 Å². The first-order chi connectivity index (χ1) is 13.2. The predicted octanol–water partition coefficient (Wildman–Crippen LogP) is 4.03. The number of nitrogens with zero attached hydrogens (tertiary/aromatic N) is 2. The number of methoxy groups -OCH3 is 1. The van der Waals surface area contributed by atoms with Gasteiger partial charge >= 0.3 is 0 Å². The summed E-state index contributed by atoms with van der Waals surface area (Å²) >= 11 is 5.62. The molecule has 1 fully saturated rings. The highest BCUT2D eigenvalue weighted by atomic mass is 32.1. The van der Waals surface area contributed by atoms with Crippen LogP contribution < -0.4 is 10.1 Å². The summed E-state index contributed by atoms with van der Waals surface area (Å²) in [6.45, 7) is 6.95. The van der Waals surface area contributed by atoms with Crippen LogP contribution in [0.2, 0.25) is 0 Å². The summed E-state index contributed by atoms with van der Waals surface area (Å²) in [4.78, 5) is 4.70. The van der Waals surface area contributed by atoms with Crippen LogP contribution in [0.25, 0.3) is 6.08 Å². The molecule has 0 atom stereocenters. The first-order valence-electron chi connectivity index (χ1n) is 9.30. The average molecular weight is 382 g/mol. The number of rotatable bonds is 5. The third-order valence-electron chi connectivity index (χ3n) is 4.81. The highest BCUT2D eigenvalue weighted by molar-refractivity contribution is 7.80. The Balaban J connectivity index is 1.46. The fraction of sp³-hybridized carbons (Fsp3) is 0.318. The van der Waals surface area contributed by atoms with Crippen LogP contribution in [0.4, 0.5) is 5.69 Å². The van der Waals surface area contributed by atoms with E-state index in [1.807, 2.05) is 24.3 Å². The first kappa shape index (κ1) is 19.4. The lowest BCUT2D eigenvalue weighted by molar-refractivity contribution is 0.200. The van der Waals surface area contributed by atoms with Gasteiger partial charge in [-0.3, -0.25) is 4.90 Å². The number of aryl methyl sites for hydroxylation is 1. The van der Waals surface area contributed by atoms with E-state index in [4.69, 9.17) is 17.0 Å². The zero-order chi connectivity index (χ0) is 19.1. The maximum absolute atomic E-state index is 5.62. The molecule has 1 aliphatic rings. The molecule has 0 amide bonds. The Morgan fingerprint density at radius 2 is 1.85 bits per heavy atom. The quantitative estimate of drug-likeness (QED) is 0.790. The number of hydrogen-bond acceptors (Lipinski definition) is 3. The summed E-state index contributed by atoms with van der Waals surface area (Å²) in [6, 6.07) is 16.4. The van der Waals surface area contributed by atoms with E-state index in [0.717, 1.165) is 54.8 Å². The van der Waals surface area contributed by atoms with Crippen molar-refractivity contribution in [2.24, 2.45) is 0 Å². The monoisotopic (exact) mass is 381 g/mol.